The maximum absolute atomic E-state index is 12.7. The molecule has 0 aromatic rings. The normalized spacial score (nSPS) is 33.2. The van der Waals surface area contributed by atoms with E-state index in [0.717, 1.165) is 12.8 Å². The third kappa shape index (κ3) is 4.00. The van der Waals surface area contributed by atoms with Crippen molar-refractivity contribution in [3.63, 3.8) is 0 Å². The summed E-state index contributed by atoms with van der Waals surface area (Å²) >= 11 is 0. The van der Waals surface area contributed by atoms with Crippen LogP contribution in [0.3, 0.4) is 0 Å². The smallest absolute Gasteiger partial charge is 0.277 e. The minimum atomic E-state index is -3.26. The van der Waals surface area contributed by atoms with Crippen LogP contribution in [0.25, 0.3) is 0 Å². The van der Waals surface area contributed by atoms with E-state index in [-0.39, 0.29) is 23.6 Å². The Morgan fingerprint density at radius 3 is 2.60 bits per heavy atom. The average Bonchev–Trinajstić information content (AvgIpc) is 3.13. The highest BCUT2D eigenvalue weighted by atomic mass is 32.2. The third-order valence-corrected chi connectivity index (χ3v) is 7.27. The number of fused-ring (bicyclic) bond motifs is 1. The van der Waals surface area contributed by atoms with E-state index in [1.54, 1.807) is 11.1 Å². The van der Waals surface area contributed by atoms with Crippen molar-refractivity contribution in [2.75, 3.05) is 19.3 Å². The summed E-state index contributed by atoms with van der Waals surface area (Å²) in [5, 5.41) is 25.9. The van der Waals surface area contributed by atoms with Gasteiger partial charge in [0, 0.05) is 31.5 Å². The van der Waals surface area contributed by atoms with E-state index in [1.165, 1.54) is 16.8 Å². The second kappa shape index (κ2) is 7.98. The highest BCUT2D eigenvalue weighted by molar-refractivity contribution is 7.88. The summed E-state index contributed by atoms with van der Waals surface area (Å²) < 4.78 is 24.8. The number of carbonyl (C=O) groups excluding carboxylic acids is 1. The van der Waals surface area contributed by atoms with Gasteiger partial charge in [-0.2, -0.15) is 0 Å². The molecule has 0 aromatic heterocycles. The number of amidine groups is 1. The Hall–Kier alpha value is -1.90. The number of rotatable bonds is 5. The molecule has 0 radical (unpaired) electrons. The van der Waals surface area contributed by atoms with Gasteiger partial charge in [0.25, 0.3) is 11.8 Å². The second-order valence-electron chi connectivity index (χ2n) is 8.04. The number of hydrogen-bond donors (Lipinski definition) is 5. The molecule has 1 aliphatic carbocycles. The molecule has 4 aliphatic rings. The van der Waals surface area contributed by atoms with Crippen LogP contribution < -0.4 is 16.1 Å². The lowest BCUT2D eigenvalue weighted by atomic mass is 10.1. The summed E-state index contributed by atoms with van der Waals surface area (Å²) in [5.41, 5.74) is 2.17. The first-order chi connectivity index (χ1) is 14.2. The number of nitrogens with zero attached hydrogens (tertiary/aromatic N) is 4. The predicted molar refractivity (Wildman–Crippen MR) is 108 cm³/mol. The van der Waals surface area contributed by atoms with E-state index in [1.807, 2.05) is 0 Å². The summed E-state index contributed by atoms with van der Waals surface area (Å²) in [6.07, 6.45) is 7.05. The van der Waals surface area contributed by atoms with Crippen LogP contribution in [-0.4, -0.2) is 88.8 Å². The van der Waals surface area contributed by atoms with Crippen LogP contribution in [0.1, 0.15) is 32.1 Å². The molecular weight excluding hydrogens is 414 g/mol. The van der Waals surface area contributed by atoms with E-state index < -0.39 is 27.9 Å². The molecule has 3 atom stereocenters. The van der Waals surface area contributed by atoms with Crippen molar-refractivity contribution in [3.8, 4) is 0 Å². The molecule has 166 valence electrons. The second-order valence-corrected chi connectivity index (χ2v) is 10.0. The van der Waals surface area contributed by atoms with Crippen molar-refractivity contribution in [3.05, 3.63) is 12.4 Å². The molecule has 1 amide bonds. The van der Waals surface area contributed by atoms with E-state index >= 15 is 0 Å². The van der Waals surface area contributed by atoms with Gasteiger partial charge in [-0.3, -0.25) is 15.4 Å². The monoisotopic (exact) mass is 441 g/mol. The van der Waals surface area contributed by atoms with Gasteiger partial charge in [0.05, 0.1) is 18.4 Å². The summed E-state index contributed by atoms with van der Waals surface area (Å²) in [6.45, 7) is 0.663. The van der Waals surface area contributed by atoms with Crippen molar-refractivity contribution in [1.82, 2.24) is 25.3 Å². The van der Waals surface area contributed by atoms with E-state index in [4.69, 9.17) is 0 Å². The molecule has 0 bridgehead atoms. The molecule has 0 spiro atoms. The number of aliphatic imine (C=N–C) groups is 2. The number of aliphatic hydroxyl groups is 1. The fourth-order valence-electron chi connectivity index (χ4n) is 4.41. The zero-order valence-electron chi connectivity index (χ0n) is 16.7. The van der Waals surface area contributed by atoms with Gasteiger partial charge in [-0.25, -0.2) is 22.7 Å². The Labute approximate surface area is 174 Å². The van der Waals surface area contributed by atoms with E-state index in [9.17, 15) is 23.5 Å². The van der Waals surface area contributed by atoms with E-state index in [0.29, 0.717) is 32.4 Å². The van der Waals surface area contributed by atoms with Crippen molar-refractivity contribution >= 4 is 27.5 Å². The van der Waals surface area contributed by atoms with Crippen LogP contribution in [0.4, 0.5) is 0 Å². The van der Waals surface area contributed by atoms with Gasteiger partial charge in [0.15, 0.2) is 11.5 Å². The largest absolute Gasteiger partial charge is 0.391 e. The molecular formula is C17H27N7O5S. The van der Waals surface area contributed by atoms with Crippen LogP contribution in [0.5, 0.6) is 0 Å². The van der Waals surface area contributed by atoms with Gasteiger partial charge in [-0.1, -0.05) is 0 Å². The molecule has 30 heavy (non-hydrogen) atoms. The predicted octanol–water partition coefficient (Wildman–Crippen LogP) is -1.74. The first kappa shape index (κ1) is 21.3. The standard InChI is InChI=1S/C17H27N7O5S/c1-30(28,29)23-8-5-11(6-9-23)19-17(22-27)20-15-14(16(26)21-17)18-7-10-24(15)12-3-2-4-13(12)25/h7,10-13,19,22,25,27H,2-6,8-9H2,1H3,(H,21,26)/t12-,13-,17?/m1/s1. The lowest BCUT2D eigenvalue weighted by Gasteiger charge is -2.42. The van der Waals surface area contributed by atoms with Crippen molar-refractivity contribution < 1.29 is 23.5 Å². The van der Waals surface area contributed by atoms with Crippen LogP contribution in [0, 0.1) is 0 Å². The highest BCUT2D eigenvalue weighted by Gasteiger charge is 2.45. The molecule has 1 saturated carbocycles. The minimum absolute atomic E-state index is 0.108. The number of hydroxylamine groups is 1. The van der Waals surface area contributed by atoms with Gasteiger partial charge in [0.1, 0.15) is 0 Å². The lowest BCUT2D eigenvalue weighted by Crippen LogP contribution is -2.73. The maximum atomic E-state index is 12.7. The van der Waals surface area contributed by atoms with Crippen LogP contribution >= 0.6 is 0 Å². The molecule has 13 heteroatoms. The first-order valence-electron chi connectivity index (χ1n) is 10.00. The molecule has 2 fully saturated rings. The topological polar surface area (TPSA) is 159 Å². The zero-order valence-corrected chi connectivity index (χ0v) is 17.5. The lowest BCUT2D eigenvalue weighted by molar-refractivity contribution is -0.120. The molecule has 1 saturated heterocycles. The summed E-state index contributed by atoms with van der Waals surface area (Å²) in [5.74, 6) is -1.95. The Balaban J connectivity index is 1.57. The summed E-state index contributed by atoms with van der Waals surface area (Å²) in [7, 11) is -3.26. The molecule has 5 N–H and O–H groups in total. The van der Waals surface area contributed by atoms with Gasteiger partial charge in [-0.05, 0) is 32.1 Å². The Morgan fingerprint density at radius 2 is 2.00 bits per heavy atom. The number of amides is 1. The van der Waals surface area contributed by atoms with Gasteiger partial charge in [0.2, 0.25) is 10.0 Å². The van der Waals surface area contributed by atoms with Crippen LogP contribution in [0.2, 0.25) is 0 Å². The SMILES string of the molecule is CS(=O)(=O)N1CCC(NC2(NO)N=C3C(=NC=CN3[C@@H]3CCC[C@H]3O)C(=O)N2)CC1. The third-order valence-electron chi connectivity index (χ3n) is 5.97. The molecule has 3 heterocycles. The zero-order chi connectivity index (χ0) is 21.5. The van der Waals surface area contributed by atoms with Gasteiger partial charge in [-0.15, -0.1) is 5.48 Å². The Morgan fingerprint density at radius 1 is 1.27 bits per heavy atom. The van der Waals surface area contributed by atoms with Crippen molar-refractivity contribution in [2.45, 2.75) is 56.2 Å². The Kier molecular flexibility index (Phi) is 5.67. The van der Waals surface area contributed by atoms with Crippen molar-refractivity contribution in [1.29, 1.82) is 0 Å². The summed E-state index contributed by atoms with van der Waals surface area (Å²) in [4.78, 5) is 23.1. The van der Waals surface area contributed by atoms with Gasteiger partial charge < -0.3 is 15.2 Å². The number of piperidine rings is 1. The Bertz CT molecular complexity index is 896. The number of carbonyl (C=O) groups is 1. The average molecular weight is 442 g/mol. The highest BCUT2D eigenvalue weighted by Crippen LogP contribution is 2.28. The maximum Gasteiger partial charge on any atom is 0.277 e. The first-order valence-corrected chi connectivity index (χ1v) is 11.8. The summed E-state index contributed by atoms with van der Waals surface area (Å²) in [6, 6.07) is -0.429. The molecule has 0 aromatic carbocycles. The van der Waals surface area contributed by atoms with Crippen LogP contribution in [-0.2, 0) is 14.8 Å². The number of aliphatic hydroxyl groups excluding tert-OH is 1. The fraction of sp³-hybridized carbons (Fsp3) is 0.706. The quantitative estimate of drug-likeness (QED) is 0.248. The molecule has 4 rings (SSSR count). The fourth-order valence-corrected chi connectivity index (χ4v) is 5.28. The number of sulfonamides is 1. The van der Waals surface area contributed by atoms with Gasteiger partial charge >= 0.3 is 0 Å². The van der Waals surface area contributed by atoms with E-state index in [2.05, 4.69) is 26.1 Å². The number of nitrogens with one attached hydrogen (secondary N) is 3. The van der Waals surface area contributed by atoms with Crippen LogP contribution in [0.15, 0.2) is 22.4 Å². The molecule has 12 nitrogen and oxygen atoms in total. The number of hydrogen-bond acceptors (Lipinski definition) is 10. The van der Waals surface area contributed by atoms with Crippen molar-refractivity contribution in [2.24, 2.45) is 9.98 Å². The molecule has 3 aliphatic heterocycles. The molecule has 1 unspecified atom stereocenters. The minimum Gasteiger partial charge on any atom is -0.391 e.